The molecule has 0 aromatic heterocycles. The number of carbonyl (C=O) groups is 1. The van der Waals surface area contributed by atoms with E-state index in [4.69, 9.17) is 0 Å². The van der Waals surface area contributed by atoms with Crippen LogP contribution >= 0.6 is 0 Å². The molecule has 2 aromatic rings. The second-order valence-corrected chi connectivity index (χ2v) is 11.0. The molecule has 0 unspecified atom stereocenters. The lowest BCUT2D eigenvalue weighted by Crippen LogP contribution is -2.41. The van der Waals surface area contributed by atoms with Gasteiger partial charge in [0, 0.05) is 31.2 Å². The lowest BCUT2D eigenvalue weighted by Gasteiger charge is -2.30. The quantitative estimate of drug-likeness (QED) is 0.667. The minimum absolute atomic E-state index is 0.0362. The van der Waals surface area contributed by atoms with Gasteiger partial charge in [0.25, 0.3) is 0 Å². The number of nitrogens with zero attached hydrogens (tertiary/aromatic N) is 1. The molecule has 178 valence electrons. The first-order valence-electron chi connectivity index (χ1n) is 11.6. The van der Waals surface area contributed by atoms with E-state index in [1.165, 1.54) is 17.7 Å². The Kier molecular flexibility index (Phi) is 7.05. The maximum atomic E-state index is 13.1. The molecule has 6 nitrogen and oxygen atoms in total. The number of rotatable bonds is 6. The average molecular weight is 474 g/mol. The minimum atomic E-state index is -3.62. The highest BCUT2D eigenvalue weighted by Gasteiger charge is 2.30. The molecule has 33 heavy (non-hydrogen) atoms. The van der Waals surface area contributed by atoms with Gasteiger partial charge in [-0.05, 0) is 80.8 Å². The smallest absolute Gasteiger partial charge is 0.240 e. The number of fused-ring (bicyclic) bond motifs is 1. The first kappa shape index (κ1) is 23.7. The van der Waals surface area contributed by atoms with Gasteiger partial charge in [0.05, 0.1) is 10.9 Å². The molecule has 1 fully saturated rings. The summed E-state index contributed by atoms with van der Waals surface area (Å²) in [5, 5.41) is 3.00. The number of halogens is 1. The topological polar surface area (TPSA) is 78.5 Å². The van der Waals surface area contributed by atoms with Crippen LogP contribution in [0, 0.1) is 11.7 Å². The Bertz CT molecular complexity index is 1100. The summed E-state index contributed by atoms with van der Waals surface area (Å²) in [7, 11) is -1.63. The number of nitrogens with one attached hydrogen (secondary N) is 2. The fourth-order valence-corrected chi connectivity index (χ4v) is 6.16. The van der Waals surface area contributed by atoms with Crippen LogP contribution in [0.2, 0.25) is 0 Å². The first-order chi connectivity index (χ1) is 15.7. The Morgan fingerprint density at radius 1 is 1.09 bits per heavy atom. The van der Waals surface area contributed by atoms with E-state index in [2.05, 4.69) is 14.9 Å². The van der Waals surface area contributed by atoms with Crippen LogP contribution in [0.5, 0.6) is 0 Å². The van der Waals surface area contributed by atoms with Crippen LogP contribution in [0.1, 0.15) is 56.2 Å². The molecule has 1 heterocycles. The third-order valence-electron chi connectivity index (χ3n) is 6.87. The van der Waals surface area contributed by atoms with E-state index in [9.17, 15) is 17.6 Å². The van der Waals surface area contributed by atoms with Crippen LogP contribution < -0.4 is 14.9 Å². The van der Waals surface area contributed by atoms with Crippen molar-refractivity contribution >= 4 is 21.6 Å². The summed E-state index contributed by atoms with van der Waals surface area (Å²) in [5.74, 6) is -0.489. The largest absolute Gasteiger partial charge is 0.374 e. The van der Waals surface area contributed by atoms with E-state index >= 15 is 0 Å². The highest BCUT2D eigenvalue weighted by Crippen LogP contribution is 2.30. The predicted octanol–water partition coefficient (Wildman–Crippen LogP) is 3.92. The van der Waals surface area contributed by atoms with Gasteiger partial charge in [-0.15, -0.1) is 0 Å². The third-order valence-corrected chi connectivity index (χ3v) is 8.38. The molecule has 0 saturated heterocycles. The summed E-state index contributed by atoms with van der Waals surface area (Å²) in [6.45, 7) is 2.80. The molecule has 1 atom stereocenters. The third kappa shape index (κ3) is 5.55. The molecule has 8 heteroatoms. The highest BCUT2D eigenvalue weighted by atomic mass is 32.2. The molecule has 1 aliphatic carbocycles. The second-order valence-electron chi connectivity index (χ2n) is 9.27. The van der Waals surface area contributed by atoms with Crippen molar-refractivity contribution in [3.05, 3.63) is 59.4 Å². The number of hydrogen-bond acceptors (Lipinski definition) is 4. The van der Waals surface area contributed by atoms with E-state index in [0.717, 1.165) is 30.6 Å². The molecule has 0 spiro atoms. The van der Waals surface area contributed by atoms with Gasteiger partial charge >= 0.3 is 0 Å². The molecular formula is C25H32FN3O3S. The van der Waals surface area contributed by atoms with Gasteiger partial charge in [-0.2, -0.15) is 0 Å². The molecule has 2 aromatic carbocycles. The summed E-state index contributed by atoms with van der Waals surface area (Å²) in [6.07, 6.45) is 4.54. The molecule has 2 N–H and O–H groups in total. The molecule has 0 bridgehead atoms. The number of sulfonamides is 1. The molecule has 1 saturated carbocycles. The first-order valence-corrected chi connectivity index (χ1v) is 13.1. The second kappa shape index (κ2) is 9.81. The van der Waals surface area contributed by atoms with Crippen LogP contribution in [0.3, 0.4) is 0 Å². The fourth-order valence-electron chi connectivity index (χ4n) is 4.83. The lowest BCUT2D eigenvalue weighted by atomic mass is 9.85. The Morgan fingerprint density at radius 3 is 2.48 bits per heavy atom. The van der Waals surface area contributed by atoms with E-state index in [1.807, 2.05) is 20.0 Å². The van der Waals surface area contributed by atoms with Gasteiger partial charge in [0.15, 0.2) is 0 Å². The zero-order valence-electron chi connectivity index (χ0n) is 19.2. The van der Waals surface area contributed by atoms with Crippen LogP contribution in [0.4, 0.5) is 10.1 Å². The predicted molar refractivity (Wildman–Crippen MR) is 127 cm³/mol. The molecule has 2 aliphatic rings. The Labute approximate surface area is 195 Å². The zero-order chi connectivity index (χ0) is 23.6. The molecule has 1 aliphatic heterocycles. The fraction of sp³-hybridized carbons (Fsp3) is 0.480. The van der Waals surface area contributed by atoms with Crippen molar-refractivity contribution < 1.29 is 17.6 Å². The number of aryl methyl sites for hydroxylation is 1. The number of hydrogen-bond donors (Lipinski definition) is 2. The lowest BCUT2D eigenvalue weighted by molar-refractivity contribution is -0.126. The molecule has 0 radical (unpaired) electrons. The van der Waals surface area contributed by atoms with E-state index < -0.39 is 10.0 Å². The van der Waals surface area contributed by atoms with Crippen molar-refractivity contribution in [3.8, 4) is 0 Å². The van der Waals surface area contributed by atoms with Crippen LogP contribution in [0.15, 0.2) is 47.4 Å². The van der Waals surface area contributed by atoms with Gasteiger partial charge in [-0.25, -0.2) is 17.5 Å². The van der Waals surface area contributed by atoms with Crippen molar-refractivity contribution in [1.29, 1.82) is 0 Å². The van der Waals surface area contributed by atoms with Crippen LogP contribution in [0.25, 0.3) is 0 Å². The zero-order valence-corrected chi connectivity index (χ0v) is 20.0. The van der Waals surface area contributed by atoms with E-state index in [0.29, 0.717) is 30.6 Å². The van der Waals surface area contributed by atoms with Crippen LogP contribution in [-0.2, 0) is 21.2 Å². The Balaban J connectivity index is 1.32. The molecular weight excluding hydrogens is 441 g/mol. The minimum Gasteiger partial charge on any atom is -0.374 e. The van der Waals surface area contributed by atoms with Crippen molar-refractivity contribution in [2.45, 2.75) is 62.4 Å². The average Bonchev–Trinajstić information content (AvgIpc) is 2.79. The SMILES string of the molecule is C[C@@H](NC(=O)[C@H]1CC[C@H](NS(=O)(=O)c2ccc3c(c2)N(C)CCC3)CC1)c1ccc(F)cc1. The van der Waals surface area contributed by atoms with Gasteiger partial charge in [-0.3, -0.25) is 4.79 Å². The number of amides is 1. The Morgan fingerprint density at radius 2 is 1.79 bits per heavy atom. The normalized spacial score (nSPS) is 21.8. The van der Waals surface area contributed by atoms with E-state index in [1.54, 1.807) is 24.3 Å². The van der Waals surface area contributed by atoms with Crippen molar-refractivity contribution in [2.24, 2.45) is 5.92 Å². The van der Waals surface area contributed by atoms with Gasteiger partial charge in [-0.1, -0.05) is 18.2 Å². The molecule has 1 amide bonds. The monoisotopic (exact) mass is 473 g/mol. The molecule has 4 rings (SSSR count). The van der Waals surface area contributed by atoms with Crippen molar-refractivity contribution in [3.63, 3.8) is 0 Å². The van der Waals surface area contributed by atoms with E-state index in [-0.39, 0.29) is 29.7 Å². The highest BCUT2D eigenvalue weighted by molar-refractivity contribution is 7.89. The standard InChI is InChI=1S/C25H32FN3O3S/c1-17(18-5-10-21(26)11-6-18)27-25(30)20-7-12-22(13-8-20)28-33(31,32)23-14-9-19-4-3-15-29(2)24(19)16-23/h5-6,9-11,14,16-17,20,22,28H,3-4,7-8,12-13,15H2,1-2H3,(H,27,30)/t17-,20-,22-/m1/s1. The summed E-state index contributed by atoms with van der Waals surface area (Å²) < 4.78 is 42.0. The summed E-state index contributed by atoms with van der Waals surface area (Å²) in [5.41, 5.74) is 3.02. The summed E-state index contributed by atoms with van der Waals surface area (Å²) in [4.78, 5) is 15.1. The number of anilines is 1. The van der Waals surface area contributed by atoms with Gasteiger partial charge in [0.2, 0.25) is 15.9 Å². The van der Waals surface area contributed by atoms with Gasteiger partial charge in [0.1, 0.15) is 5.82 Å². The number of carbonyl (C=O) groups excluding carboxylic acids is 1. The van der Waals surface area contributed by atoms with Crippen molar-refractivity contribution in [1.82, 2.24) is 10.0 Å². The van der Waals surface area contributed by atoms with Crippen molar-refractivity contribution in [2.75, 3.05) is 18.5 Å². The summed E-state index contributed by atoms with van der Waals surface area (Å²) in [6, 6.07) is 11.1. The number of benzene rings is 2. The Hall–Kier alpha value is -2.45. The van der Waals surface area contributed by atoms with Crippen LogP contribution in [-0.4, -0.2) is 34.0 Å². The maximum absolute atomic E-state index is 13.1. The maximum Gasteiger partial charge on any atom is 0.240 e. The van der Waals surface area contributed by atoms with Gasteiger partial charge < -0.3 is 10.2 Å². The summed E-state index contributed by atoms with van der Waals surface area (Å²) >= 11 is 0.